The summed E-state index contributed by atoms with van der Waals surface area (Å²) in [6, 6.07) is 0. The van der Waals surface area contributed by atoms with Crippen LogP contribution in [0.3, 0.4) is 0 Å². The van der Waals surface area contributed by atoms with Gasteiger partial charge in [0, 0.05) is 0 Å². The van der Waals surface area contributed by atoms with Gasteiger partial charge in [-0.3, -0.25) is 0 Å². The van der Waals surface area contributed by atoms with Crippen molar-refractivity contribution in [2.75, 3.05) is 6.61 Å². The summed E-state index contributed by atoms with van der Waals surface area (Å²) in [4.78, 5) is 10.3. The molecule has 0 aromatic rings. The van der Waals surface area contributed by atoms with E-state index in [2.05, 4.69) is 5.32 Å². The average molecular weight is 159 g/mol. The molecule has 0 spiro atoms. The fraction of sp³-hybridized carbons (Fsp3) is 0.857. The summed E-state index contributed by atoms with van der Waals surface area (Å²) in [5, 5.41) is 19.8. The average Bonchev–Trinajstić information content (AvgIpc) is 2.36. The van der Waals surface area contributed by atoms with Crippen LogP contribution >= 0.6 is 0 Å². The Labute approximate surface area is 65.2 Å². The third kappa shape index (κ3) is 1.83. The van der Waals surface area contributed by atoms with Crippen LogP contribution in [-0.2, 0) is 0 Å². The van der Waals surface area contributed by atoms with Gasteiger partial charge in [-0.15, -0.1) is 0 Å². The fourth-order valence-corrected chi connectivity index (χ4v) is 1.60. The molecule has 0 heterocycles. The molecule has 1 fully saturated rings. The van der Waals surface area contributed by atoms with E-state index in [1.807, 2.05) is 0 Å². The van der Waals surface area contributed by atoms with Gasteiger partial charge in [0.2, 0.25) is 0 Å². The zero-order valence-electron chi connectivity index (χ0n) is 6.34. The minimum Gasteiger partial charge on any atom is -0.465 e. The first-order valence-corrected chi connectivity index (χ1v) is 3.80. The molecule has 1 rings (SSSR count). The van der Waals surface area contributed by atoms with Gasteiger partial charge < -0.3 is 15.5 Å². The highest BCUT2D eigenvalue weighted by molar-refractivity contribution is 5.65. The van der Waals surface area contributed by atoms with Crippen LogP contribution in [0.25, 0.3) is 0 Å². The third-order valence-corrected chi connectivity index (χ3v) is 2.24. The molecule has 1 aliphatic rings. The highest BCUT2D eigenvalue weighted by Gasteiger charge is 2.34. The number of hydrogen-bond donors (Lipinski definition) is 3. The number of aliphatic hydroxyl groups is 1. The Kier molecular flexibility index (Phi) is 2.34. The number of aliphatic hydroxyl groups excluding tert-OH is 1. The van der Waals surface area contributed by atoms with E-state index in [1.165, 1.54) is 0 Å². The zero-order valence-corrected chi connectivity index (χ0v) is 6.34. The van der Waals surface area contributed by atoms with Crippen molar-refractivity contribution >= 4 is 6.09 Å². The third-order valence-electron chi connectivity index (χ3n) is 2.24. The molecule has 0 bridgehead atoms. The lowest BCUT2D eigenvalue weighted by Gasteiger charge is -2.25. The number of rotatable bonds is 2. The Morgan fingerprint density at radius 3 is 2.36 bits per heavy atom. The first-order chi connectivity index (χ1) is 5.18. The van der Waals surface area contributed by atoms with Crippen molar-refractivity contribution in [3.8, 4) is 0 Å². The predicted octanol–water partition coefficient (Wildman–Crippen LogP) is 0.559. The topological polar surface area (TPSA) is 69.6 Å². The molecule has 0 aliphatic heterocycles. The van der Waals surface area contributed by atoms with Crippen LogP contribution in [0, 0.1) is 0 Å². The van der Waals surface area contributed by atoms with E-state index in [-0.39, 0.29) is 6.61 Å². The highest BCUT2D eigenvalue weighted by atomic mass is 16.4. The van der Waals surface area contributed by atoms with Crippen LogP contribution in [0.4, 0.5) is 4.79 Å². The summed E-state index contributed by atoms with van der Waals surface area (Å²) < 4.78 is 0. The van der Waals surface area contributed by atoms with Gasteiger partial charge in [0.1, 0.15) is 0 Å². The summed E-state index contributed by atoms with van der Waals surface area (Å²) in [5.74, 6) is 0. The van der Waals surface area contributed by atoms with E-state index in [4.69, 9.17) is 10.2 Å². The van der Waals surface area contributed by atoms with Crippen molar-refractivity contribution < 1.29 is 15.0 Å². The number of hydrogen-bond acceptors (Lipinski definition) is 2. The van der Waals surface area contributed by atoms with E-state index in [0.717, 1.165) is 25.7 Å². The number of amides is 1. The molecule has 4 heteroatoms. The smallest absolute Gasteiger partial charge is 0.405 e. The summed E-state index contributed by atoms with van der Waals surface area (Å²) in [7, 11) is 0. The molecule has 0 saturated heterocycles. The molecule has 0 aromatic heterocycles. The van der Waals surface area contributed by atoms with Gasteiger partial charge in [0.15, 0.2) is 0 Å². The molecule has 1 aliphatic carbocycles. The largest absolute Gasteiger partial charge is 0.465 e. The Morgan fingerprint density at radius 2 is 2.00 bits per heavy atom. The van der Waals surface area contributed by atoms with Gasteiger partial charge in [-0.1, -0.05) is 12.8 Å². The van der Waals surface area contributed by atoms with Gasteiger partial charge in [0.25, 0.3) is 0 Å². The van der Waals surface area contributed by atoms with Gasteiger partial charge in [0.05, 0.1) is 12.1 Å². The standard InChI is InChI=1S/C7H13NO3/c9-5-7(8-6(10)11)3-1-2-4-7/h8-9H,1-5H2,(H,10,11). The van der Waals surface area contributed by atoms with E-state index < -0.39 is 11.6 Å². The van der Waals surface area contributed by atoms with Gasteiger partial charge in [-0.25, -0.2) is 4.79 Å². The van der Waals surface area contributed by atoms with Crippen LogP contribution in [0.15, 0.2) is 0 Å². The predicted molar refractivity (Wildman–Crippen MR) is 39.4 cm³/mol. The second-order valence-corrected chi connectivity index (χ2v) is 3.08. The maximum Gasteiger partial charge on any atom is 0.405 e. The number of carboxylic acid groups (broad SMARTS) is 1. The lowest BCUT2D eigenvalue weighted by Crippen LogP contribution is -2.48. The molecule has 64 valence electrons. The summed E-state index contributed by atoms with van der Waals surface area (Å²) in [6.07, 6.45) is 2.48. The highest BCUT2D eigenvalue weighted by Crippen LogP contribution is 2.28. The number of nitrogens with one attached hydrogen (secondary N) is 1. The monoisotopic (exact) mass is 159 g/mol. The minimum absolute atomic E-state index is 0.0840. The first-order valence-electron chi connectivity index (χ1n) is 3.80. The fourth-order valence-electron chi connectivity index (χ4n) is 1.60. The SMILES string of the molecule is O=C(O)NC1(CO)CCCC1. The second-order valence-electron chi connectivity index (χ2n) is 3.08. The minimum atomic E-state index is -1.04. The molecule has 0 radical (unpaired) electrons. The molecule has 0 aromatic carbocycles. The van der Waals surface area contributed by atoms with E-state index in [0.29, 0.717) is 0 Å². The van der Waals surface area contributed by atoms with Crippen LogP contribution in [0.2, 0.25) is 0 Å². The van der Waals surface area contributed by atoms with Gasteiger partial charge in [-0.05, 0) is 12.8 Å². The van der Waals surface area contributed by atoms with Crippen molar-refractivity contribution in [1.29, 1.82) is 0 Å². The maximum atomic E-state index is 10.3. The molecule has 1 amide bonds. The van der Waals surface area contributed by atoms with Crippen LogP contribution in [0.5, 0.6) is 0 Å². The van der Waals surface area contributed by atoms with Crippen LogP contribution < -0.4 is 5.32 Å². The Balaban J connectivity index is 2.52. The van der Waals surface area contributed by atoms with Gasteiger partial charge in [-0.2, -0.15) is 0 Å². The Bertz CT molecular complexity index is 152. The first kappa shape index (κ1) is 8.33. The molecule has 4 nitrogen and oxygen atoms in total. The molecule has 0 unspecified atom stereocenters. The lowest BCUT2D eigenvalue weighted by molar-refractivity contribution is 0.140. The Morgan fingerprint density at radius 1 is 1.45 bits per heavy atom. The second kappa shape index (κ2) is 3.09. The molecular weight excluding hydrogens is 146 g/mol. The van der Waals surface area contributed by atoms with Crippen molar-refractivity contribution in [3.63, 3.8) is 0 Å². The number of carbonyl (C=O) groups is 1. The lowest BCUT2D eigenvalue weighted by atomic mass is 10.00. The summed E-state index contributed by atoms with van der Waals surface area (Å²) in [6.45, 7) is -0.0840. The maximum absolute atomic E-state index is 10.3. The van der Waals surface area contributed by atoms with Crippen molar-refractivity contribution in [2.45, 2.75) is 31.2 Å². The van der Waals surface area contributed by atoms with Crippen molar-refractivity contribution in [2.24, 2.45) is 0 Å². The van der Waals surface area contributed by atoms with Crippen molar-refractivity contribution in [3.05, 3.63) is 0 Å². The van der Waals surface area contributed by atoms with Crippen molar-refractivity contribution in [1.82, 2.24) is 5.32 Å². The normalized spacial score (nSPS) is 21.5. The van der Waals surface area contributed by atoms with E-state index in [9.17, 15) is 4.79 Å². The van der Waals surface area contributed by atoms with Gasteiger partial charge >= 0.3 is 6.09 Å². The molecular formula is C7H13NO3. The Hall–Kier alpha value is -0.770. The quantitative estimate of drug-likeness (QED) is 0.551. The molecule has 1 saturated carbocycles. The van der Waals surface area contributed by atoms with Crippen LogP contribution in [-0.4, -0.2) is 28.5 Å². The summed E-state index contributed by atoms with van der Waals surface area (Å²) in [5.41, 5.74) is -0.536. The van der Waals surface area contributed by atoms with E-state index >= 15 is 0 Å². The molecule has 3 N–H and O–H groups in total. The van der Waals surface area contributed by atoms with E-state index in [1.54, 1.807) is 0 Å². The molecule has 11 heavy (non-hydrogen) atoms. The molecule has 0 atom stereocenters. The summed E-state index contributed by atoms with van der Waals surface area (Å²) >= 11 is 0. The van der Waals surface area contributed by atoms with Crippen LogP contribution in [0.1, 0.15) is 25.7 Å². The zero-order chi connectivity index (χ0) is 8.32.